The molecule has 0 aromatic heterocycles. The van der Waals surface area contributed by atoms with Crippen molar-refractivity contribution in [2.24, 2.45) is 0 Å². The first-order valence-corrected chi connectivity index (χ1v) is 17.9. The minimum absolute atomic E-state index is 0.821. The van der Waals surface area contributed by atoms with Crippen molar-refractivity contribution < 1.29 is 0 Å². The van der Waals surface area contributed by atoms with Crippen molar-refractivity contribution >= 4 is 190 Å². The highest BCUT2D eigenvalue weighted by molar-refractivity contribution is 9.12. The van der Waals surface area contributed by atoms with E-state index in [2.05, 4.69) is 164 Å². The Morgan fingerprint density at radius 1 is 0.469 bits per heavy atom. The number of hydrogen-bond donors (Lipinski definition) is 0. The molecule has 2 rings (SSSR count). The molecular weight excluding hydrogens is 1090 g/mol. The van der Waals surface area contributed by atoms with Gasteiger partial charge in [0, 0.05) is 42.8 Å². The molecule has 0 fully saturated rings. The van der Waals surface area contributed by atoms with Crippen LogP contribution in [0.25, 0.3) is 0 Å². The van der Waals surface area contributed by atoms with Crippen molar-refractivity contribution in [3.63, 3.8) is 0 Å². The summed E-state index contributed by atoms with van der Waals surface area (Å²) in [5.74, 6) is 0. The fraction of sp³-hybridized carbons (Fsp3) is 0.368. The van der Waals surface area contributed by atoms with Gasteiger partial charge in [0.05, 0.1) is 0 Å². The standard InChI is InChI=1S/C9H6Br6.C9H9Br3.CCl4/c10-1-4-7(13)5(2-11)9(15)6(3-12)8(4)14;1-4-7(10)5(2)9(12)6(3)8(4)11;2-1(3,4)5/h1-3H2;1-3H3;. The molecule has 13 heteroatoms. The smallest absolute Gasteiger partial charge is 0.0875 e. The molecule has 2 aromatic rings. The summed E-state index contributed by atoms with van der Waals surface area (Å²) in [6.07, 6.45) is 0. The predicted octanol–water partition coefficient (Wildman–Crippen LogP) is 14.1. The van der Waals surface area contributed by atoms with Crippen LogP contribution in [0.15, 0.2) is 26.8 Å². The van der Waals surface area contributed by atoms with Gasteiger partial charge in [0.2, 0.25) is 0 Å². The van der Waals surface area contributed by atoms with Crippen molar-refractivity contribution in [2.45, 2.75) is 40.0 Å². The first-order chi connectivity index (χ1) is 14.5. The molecule has 0 atom stereocenters. The summed E-state index contributed by atoms with van der Waals surface area (Å²) in [6.45, 7) is 6.29. The van der Waals surface area contributed by atoms with Gasteiger partial charge in [0.1, 0.15) is 0 Å². The molecule has 0 spiro atoms. The van der Waals surface area contributed by atoms with E-state index in [0.717, 1.165) is 29.4 Å². The Bertz CT molecular complexity index is 755. The molecule has 182 valence electrons. The molecule has 0 saturated carbocycles. The van der Waals surface area contributed by atoms with E-state index in [0.29, 0.717) is 0 Å². The molecule has 0 unspecified atom stereocenters. The Balaban J connectivity index is 0.000000505. The fourth-order valence-electron chi connectivity index (χ4n) is 2.32. The molecule has 0 aliphatic carbocycles. The van der Waals surface area contributed by atoms with E-state index in [-0.39, 0.29) is 0 Å². The Kier molecular flexibility index (Phi) is 18.8. The van der Waals surface area contributed by atoms with Gasteiger partial charge in [-0.05, 0) is 54.2 Å². The zero-order valence-corrected chi connectivity index (χ0v) is 33.8. The minimum atomic E-state index is -1.61. The zero-order valence-electron chi connectivity index (χ0n) is 16.5. The Hall–Kier alpha value is 3.92. The minimum Gasteiger partial charge on any atom is -0.0875 e. The molecular formula is C19H15Br9Cl4. The first kappa shape index (κ1) is 35.9. The van der Waals surface area contributed by atoms with Crippen LogP contribution in [-0.4, -0.2) is 3.25 Å². The molecule has 0 aliphatic heterocycles. The fourth-order valence-corrected chi connectivity index (χ4v) is 11.1. The third-order valence-corrected chi connectivity index (χ3v) is 12.1. The van der Waals surface area contributed by atoms with E-state index in [1.165, 1.54) is 46.8 Å². The third-order valence-electron chi connectivity index (χ3n) is 3.97. The van der Waals surface area contributed by atoms with E-state index >= 15 is 0 Å². The highest BCUT2D eigenvalue weighted by Gasteiger charge is 2.18. The van der Waals surface area contributed by atoms with E-state index in [1.807, 2.05) is 0 Å². The second-order valence-corrected chi connectivity index (χ2v) is 15.9. The van der Waals surface area contributed by atoms with Crippen molar-refractivity contribution in [3.05, 3.63) is 60.2 Å². The van der Waals surface area contributed by atoms with E-state index in [4.69, 9.17) is 46.4 Å². The first-order valence-electron chi connectivity index (χ1n) is 8.25. The van der Waals surface area contributed by atoms with Crippen molar-refractivity contribution in [1.82, 2.24) is 0 Å². The second kappa shape index (κ2) is 16.8. The highest BCUT2D eigenvalue weighted by atomic mass is 79.9. The second-order valence-electron chi connectivity index (χ2n) is 6.02. The van der Waals surface area contributed by atoms with Crippen molar-refractivity contribution in [2.75, 3.05) is 0 Å². The average Bonchev–Trinajstić information content (AvgIpc) is 2.69. The summed E-state index contributed by atoms with van der Waals surface area (Å²) in [7, 11) is 0. The molecule has 0 heterocycles. The maximum absolute atomic E-state index is 4.83. The van der Waals surface area contributed by atoms with Crippen LogP contribution in [-0.2, 0) is 16.0 Å². The van der Waals surface area contributed by atoms with Gasteiger partial charge in [-0.3, -0.25) is 0 Å². The van der Waals surface area contributed by atoms with Gasteiger partial charge >= 0.3 is 0 Å². The summed E-state index contributed by atoms with van der Waals surface area (Å²) in [5.41, 5.74) is 7.49. The van der Waals surface area contributed by atoms with Crippen LogP contribution in [0, 0.1) is 20.8 Å². The van der Waals surface area contributed by atoms with Gasteiger partial charge in [-0.2, -0.15) is 0 Å². The summed E-state index contributed by atoms with van der Waals surface area (Å²) in [4.78, 5) is 0. The molecule has 0 amide bonds. The zero-order chi connectivity index (χ0) is 25.5. The van der Waals surface area contributed by atoms with Crippen LogP contribution in [0.2, 0.25) is 0 Å². The van der Waals surface area contributed by atoms with Crippen LogP contribution in [0.5, 0.6) is 0 Å². The number of benzene rings is 2. The summed E-state index contributed by atoms with van der Waals surface area (Å²) < 4.78 is 5.32. The molecule has 0 N–H and O–H groups in total. The molecule has 0 radical (unpaired) electrons. The lowest BCUT2D eigenvalue weighted by Crippen LogP contribution is -1.97. The summed E-state index contributed by atoms with van der Waals surface area (Å²) >= 11 is 51.4. The normalized spacial score (nSPS) is 10.9. The molecule has 0 aliphatic rings. The Morgan fingerprint density at radius 2 is 0.625 bits per heavy atom. The van der Waals surface area contributed by atoms with Crippen LogP contribution in [0.1, 0.15) is 33.4 Å². The Morgan fingerprint density at radius 3 is 0.750 bits per heavy atom. The lowest BCUT2D eigenvalue weighted by molar-refractivity contribution is 1.20. The summed E-state index contributed by atoms with van der Waals surface area (Å²) in [5, 5.41) is 2.46. The molecule has 32 heavy (non-hydrogen) atoms. The average molecular weight is 1100 g/mol. The molecule has 0 saturated heterocycles. The van der Waals surface area contributed by atoms with Crippen LogP contribution >= 0.6 is 190 Å². The highest BCUT2D eigenvalue weighted by Crippen LogP contribution is 2.41. The van der Waals surface area contributed by atoms with E-state index in [1.54, 1.807) is 0 Å². The van der Waals surface area contributed by atoms with Gasteiger partial charge in [0.15, 0.2) is 0 Å². The number of alkyl halides is 7. The SMILES string of the molecule is BrCc1c(Br)c(CBr)c(Br)c(CBr)c1Br.Cc1c(Br)c(C)c(Br)c(C)c1Br.ClC(Cl)(Cl)Cl. The van der Waals surface area contributed by atoms with Gasteiger partial charge in [-0.15, -0.1) is 0 Å². The maximum atomic E-state index is 4.83. The van der Waals surface area contributed by atoms with Gasteiger partial charge in [-0.25, -0.2) is 0 Å². The number of hydrogen-bond acceptors (Lipinski definition) is 0. The Labute approximate surface area is 285 Å². The monoisotopic (exact) mass is 1090 g/mol. The van der Waals surface area contributed by atoms with Crippen molar-refractivity contribution in [3.8, 4) is 0 Å². The quantitative estimate of drug-likeness (QED) is 0.269. The molecule has 2 aromatic carbocycles. The predicted molar refractivity (Wildman–Crippen MR) is 177 cm³/mol. The van der Waals surface area contributed by atoms with Crippen LogP contribution in [0.4, 0.5) is 0 Å². The van der Waals surface area contributed by atoms with Crippen LogP contribution in [0.3, 0.4) is 0 Å². The lowest BCUT2D eigenvalue weighted by atomic mass is 10.1. The van der Waals surface area contributed by atoms with Crippen molar-refractivity contribution in [1.29, 1.82) is 0 Å². The van der Waals surface area contributed by atoms with E-state index < -0.39 is 3.25 Å². The maximum Gasteiger partial charge on any atom is 0.266 e. The largest absolute Gasteiger partial charge is 0.266 e. The lowest BCUT2D eigenvalue weighted by Gasteiger charge is -2.15. The molecule has 0 bridgehead atoms. The van der Waals surface area contributed by atoms with Crippen LogP contribution < -0.4 is 0 Å². The van der Waals surface area contributed by atoms with Gasteiger partial charge in [-0.1, -0.05) is 190 Å². The third kappa shape index (κ3) is 11.0. The van der Waals surface area contributed by atoms with Gasteiger partial charge < -0.3 is 0 Å². The van der Waals surface area contributed by atoms with Gasteiger partial charge in [0.25, 0.3) is 3.25 Å². The topological polar surface area (TPSA) is 0 Å². The molecule has 0 nitrogen and oxygen atoms in total. The van der Waals surface area contributed by atoms with E-state index in [9.17, 15) is 0 Å². The summed E-state index contributed by atoms with van der Waals surface area (Å²) in [6, 6.07) is 0. The number of halogens is 13. The number of rotatable bonds is 3.